The van der Waals surface area contributed by atoms with E-state index in [2.05, 4.69) is 42.4 Å². The summed E-state index contributed by atoms with van der Waals surface area (Å²) in [7, 11) is 0. The van der Waals surface area contributed by atoms with Crippen LogP contribution in [-0.4, -0.2) is 9.97 Å². The van der Waals surface area contributed by atoms with Gasteiger partial charge in [0.25, 0.3) is 0 Å². The van der Waals surface area contributed by atoms with Crippen molar-refractivity contribution in [3.05, 3.63) is 52.8 Å². The van der Waals surface area contributed by atoms with E-state index in [4.69, 9.17) is 18.0 Å². The molecule has 0 unspecified atom stereocenters. The zero-order valence-corrected chi connectivity index (χ0v) is 13.7. The first kappa shape index (κ1) is 16.3. The third-order valence-corrected chi connectivity index (χ3v) is 3.85. The predicted octanol–water partition coefficient (Wildman–Crippen LogP) is 5.09. The second kappa shape index (κ2) is 7.24. The Balaban J connectivity index is 2.43. The van der Waals surface area contributed by atoms with Crippen LogP contribution in [0.25, 0.3) is 17.0 Å². The molecule has 0 spiro atoms. The molecule has 0 aliphatic rings. The summed E-state index contributed by atoms with van der Waals surface area (Å²) in [5.74, 6) is 3.23. The molecule has 0 bridgehead atoms. The monoisotopic (exact) mass is 310 g/mol. The first-order valence-electron chi connectivity index (χ1n) is 7.30. The van der Waals surface area contributed by atoms with Gasteiger partial charge in [-0.3, -0.25) is 0 Å². The molecule has 0 radical (unpaired) electrons. The van der Waals surface area contributed by atoms with Crippen molar-refractivity contribution in [3.8, 4) is 23.7 Å². The van der Waals surface area contributed by atoms with Gasteiger partial charge in [0.2, 0.25) is 0 Å². The first-order valence-corrected chi connectivity index (χ1v) is 7.68. The summed E-state index contributed by atoms with van der Waals surface area (Å²) in [5.41, 5.74) is 4.87. The van der Waals surface area contributed by atoms with E-state index in [9.17, 15) is 0 Å². The summed E-state index contributed by atoms with van der Waals surface area (Å²) >= 11 is 6.42. The molecule has 1 aromatic carbocycles. The van der Waals surface area contributed by atoms with Crippen molar-refractivity contribution >= 4 is 17.2 Å². The molecule has 1 heterocycles. The van der Waals surface area contributed by atoms with Gasteiger partial charge in [-0.25, -0.2) is 9.97 Å². The number of aromatic nitrogens is 2. The maximum Gasteiger partial charge on any atom is 0.159 e. The highest BCUT2D eigenvalue weighted by atomic mass is 35.5. The van der Waals surface area contributed by atoms with Crippen LogP contribution in [0.15, 0.2) is 31.0 Å². The van der Waals surface area contributed by atoms with Gasteiger partial charge < -0.3 is 0 Å². The Morgan fingerprint density at radius 3 is 2.82 bits per heavy atom. The van der Waals surface area contributed by atoms with Gasteiger partial charge in [-0.15, -0.1) is 12.3 Å². The lowest BCUT2D eigenvalue weighted by atomic mass is 10.0. The summed E-state index contributed by atoms with van der Waals surface area (Å²) in [6, 6.07) is 5.84. The van der Waals surface area contributed by atoms with Crippen molar-refractivity contribution in [3.63, 3.8) is 0 Å². The largest absolute Gasteiger partial charge is 0.237 e. The molecular weight excluding hydrogens is 292 g/mol. The van der Waals surface area contributed by atoms with Gasteiger partial charge in [-0.1, -0.05) is 31.5 Å². The van der Waals surface area contributed by atoms with Gasteiger partial charge in [0.1, 0.15) is 0 Å². The van der Waals surface area contributed by atoms with Crippen molar-refractivity contribution in [2.24, 2.45) is 0 Å². The van der Waals surface area contributed by atoms with E-state index in [1.54, 1.807) is 6.20 Å². The van der Waals surface area contributed by atoms with E-state index < -0.39 is 0 Å². The van der Waals surface area contributed by atoms with Crippen molar-refractivity contribution in [1.82, 2.24) is 9.97 Å². The van der Waals surface area contributed by atoms with E-state index in [1.807, 2.05) is 12.1 Å². The highest BCUT2D eigenvalue weighted by molar-refractivity contribution is 6.31. The molecule has 112 valence electrons. The standard InChI is InChI=1S/C19H19ClN2/c1-5-7-13(3)18-9-10-21-19(22-18)15-11-14(4)16(8-6-2)17(20)12-15/h1,9-12H,3,6-8H2,2,4H3. The number of rotatable bonds is 5. The zero-order valence-electron chi connectivity index (χ0n) is 13.0. The Morgan fingerprint density at radius 2 is 2.18 bits per heavy atom. The number of hydrogen-bond acceptors (Lipinski definition) is 2. The van der Waals surface area contributed by atoms with Crippen LogP contribution in [0.2, 0.25) is 5.02 Å². The van der Waals surface area contributed by atoms with Crippen molar-refractivity contribution in [2.75, 3.05) is 0 Å². The average Bonchev–Trinajstić information content (AvgIpc) is 2.51. The number of allylic oxidation sites excluding steroid dienone is 1. The third kappa shape index (κ3) is 3.55. The zero-order chi connectivity index (χ0) is 16.1. The van der Waals surface area contributed by atoms with Crippen molar-refractivity contribution in [1.29, 1.82) is 0 Å². The van der Waals surface area contributed by atoms with Gasteiger partial charge in [0.15, 0.2) is 5.82 Å². The fraction of sp³-hybridized carbons (Fsp3) is 0.263. The van der Waals surface area contributed by atoms with E-state index in [1.165, 1.54) is 11.1 Å². The minimum Gasteiger partial charge on any atom is -0.237 e. The number of benzene rings is 1. The van der Waals surface area contributed by atoms with Gasteiger partial charge in [-0.2, -0.15) is 0 Å². The molecule has 0 aliphatic carbocycles. The molecule has 0 N–H and O–H groups in total. The average molecular weight is 311 g/mol. The quantitative estimate of drug-likeness (QED) is 0.718. The highest BCUT2D eigenvalue weighted by Gasteiger charge is 2.10. The minimum absolute atomic E-state index is 0.478. The molecule has 2 rings (SSSR count). The minimum atomic E-state index is 0.478. The summed E-state index contributed by atoms with van der Waals surface area (Å²) in [5, 5.41) is 0.772. The van der Waals surface area contributed by atoms with Gasteiger partial charge >= 0.3 is 0 Å². The molecule has 0 atom stereocenters. The second-order valence-corrected chi connectivity index (χ2v) is 5.66. The number of aryl methyl sites for hydroxylation is 1. The highest BCUT2D eigenvalue weighted by Crippen LogP contribution is 2.28. The Labute approximate surface area is 137 Å². The molecule has 0 saturated carbocycles. The topological polar surface area (TPSA) is 25.8 Å². The molecule has 3 heteroatoms. The molecule has 22 heavy (non-hydrogen) atoms. The van der Waals surface area contributed by atoms with Crippen LogP contribution in [0, 0.1) is 19.3 Å². The van der Waals surface area contributed by atoms with Crippen LogP contribution >= 0.6 is 11.6 Å². The second-order valence-electron chi connectivity index (χ2n) is 5.25. The van der Waals surface area contributed by atoms with Crippen LogP contribution in [0.4, 0.5) is 0 Å². The fourth-order valence-electron chi connectivity index (χ4n) is 2.38. The Kier molecular flexibility index (Phi) is 5.35. The molecule has 2 aromatic rings. The Hall–Kier alpha value is -2.11. The van der Waals surface area contributed by atoms with Crippen molar-refractivity contribution in [2.45, 2.75) is 33.1 Å². The van der Waals surface area contributed by atoms with Crippen LogP contribution in [-0.2, 0) is 6.42 Å². The van der Waals surface area contributed by atoms with E-state index in [-0.39, 0.29) is 0 Å². The van der Waals surface area contributed by atoms with Crippen LogP contribution in [0.1, 0.15) is 36.6 Å². The lowest BCUT2D eigenvalue weighted by molar-refractivity contribution is 0.913. The molecule has 1 aromatic heterocycles. The Morgan fingerprint density at radius 1 is 1.41 bits per heavy atom. The molecule has 0 aliphatic heterocycles. The third-order valence-electron chi connectivity index (χ3n) is 3.51. The molecule has 0 amide bonds. The lowest BCUT2D eigenvalue weighted by Gasteiger charge is -2.11. The van der Waals surface area contributed by atoms with Gasteiger partial charge in [0.05, 0.1) is 5.69 Å². The van der Waals surface area contributed by atoms with E-state index in [0.29, 0.717) is 12.2 Å². The number of hydrogen-bond donors (Lipinski definition) is 0. The van der Waals surface area contributed by atoms with Crippen LogP contribution < -0.4 is 0 Å². The molecule has 0 fully saturated rings. The molecule has 2 nitrogen and oxygen atoms in total. The summed E-state index contributed by atoms with van der Waals surface area (Å²) in [4.78, 5) is 8.90. The number of halogens is 1. The van der Waals surface area contributed by atoms with Crippen molar-refractivity contribution < 1.29 is 0 Å². The van der Waals surface area contributed by atoms with Crippen LogP contribution in [0.3, 0.4) is 0 Å². The maximum absolute atomic E-state index is 6.42. The van der Waals surface area contributed by atoms with Gasteiger partial charge in [-0.05, 0) is 48.2 Å². The summed E-state index contributed by atoms with van der Waals surface area (Å²) < 4.78 is 0. The summed E-state index contributed by atoms with van der Waals surface area (Å²) in [6.45, 7) is 8.18. The lowest BCUT2D eigenvalue weighted by Crippen LogP contribution is -1.97. The fourth-order valence-corrected chi connectivity index (χ4v) is 2.74. The van der Waals surface area contributed by atoms with E-state index in [0.717, 1.165) is 34.7 Å². The first-order chi connectivity index (χ1) is 10.6. The number of terminal acetylenes is 1. The van der Waals surface area contributed by atoms with E-state index >= 15 is 0 Å². The van der Waals surface area contributed by atoms with Crippen LogP contribution in [0.5, 0.6) is 0 Å². The normalized spacial score (nSPS) is 10.3. The molecular formula is C19H19ClN2. The predicted molar refractivity (Wildman–Crippen MR) is 93.7 cm³/mol. The maximum atomic E-state index is 6.42. The SMILES string of the molecule is C#CCC(=C)c1ccnc(-c2cc(C)c(CCC)c(Cl)c2)n1. The molecule has 0 saturated heterocycles. The Bertz CT molecular complexity index is 718. The number of nitrogens with zero attached hydrogens (tertiary/aromatic N) is 2. The summed E-state index contributed by atoms with van der Waals surface area (Å²) in [6.07, 6.45) is 9.58. The smallest absolute Gasteiger partial charge is 0.159 e. The van der Waals surface area contributed by atoms with Gasteiger partial charge in [0, 0.05) is 23.2 Å².